The monoisotopic (exact) mass is 239 g/mol. The first kappa shape index (κ1) is 13.2. The number of carboxylic acids is 1. The number of halogens is 1. The van der Waals surface area contributed by atoms with Crippen LogP contribution in [0.2, 0.25) is 0 Å². The van der Waals surface area contributed by atoms with Crippen LogP contribution < -0.4 is 5.32 Å². The summed E-state index contributed by atoms with van der Waals surface area (Å²) in [6.07, 6.45) is 0.334. The molecule has 0 aliphatic rings. The highest BCUT2D eigenvalue weighted by Crippen LogP contribution is 2.05. The number of aliphatic carboxylic acids is 1. The lowest BCUT2D eigenvalue weighted by Gasteiger charge is -2.12. The van der Waals surface area contributed by atoms with E-state index < -0.39 is 17.7 Å². The Morgan fingerprint density at radius 1 is 1.47 bits per heavy atom. The van der Waals surface area contributed by atoms with Crippen LogP contribution >= 0.6 is 0 Å². The summed E-state index contributed by atoms with van der Waals surface area (Å²) in [5.41, 5.74) is 0.229. The van der Waals surface area contributed by atoms with Crippen LogP contribution in [0.1, 0.15) is 30.1 Å². The van der Waals surface area contributed by atoms with Crippen LogP contribution in [0.25, 0.3) is 0 Å². The summed E-state index contributed by atoms with van der Waals surface area (Å²) in [5, 5.41) is 11.1. The van der Waals surface area contributed by atoms with Crippen molar-refractivity contribution in [2.24, 2.45) is 0 Å². The number of carbonyl (C=O) groups excluding carboxylic acids is 1. The number of carbonyl (C=O) groups is 2. The minimum atomic E-state index is -0.906. The molecule has 1 amide bonds. The van der Waals surface area contributed by atoms with E-state index in [0.29, 0.717) is 6.42 Å². The topological polar surface area (TPSA) is 66.4 Å². The van der Waals surface area contributed by atoms with Gasteiger partial charge >= 0.3 is 5.97 Å². The van der Waals surface area contributed by atoms with Gasteiger partial charge in [-0.1, -0.05) is 6.07 Å². The van der Waals surface area contributed by atoms with Crippen LogP contribution in [-0.2, 0) is 4.79 Å². The van der Waals surface area contributed by atoms with Crippen molar-refractivity contribution in [2.45, 2.75) is 25.8 Å². The molecule has 1 atom stereocenters. The highest BCUT2D eigenvalue weighted by atomic mass is 19.1. The van der Waals surface area contributed by atoms with Crippen molar-refractivity contribution >= 4 is 11.9 Å². The van der Waals surface area contributed by atoms with Gasteiger partial charge in [0.05, 0.1) is 0 Å². The lowest BCUT2D eigenvalue weighted by atomic mass is 10.1. The van der Waals surface area contributed by atoms with Gasteiger partial charge in [0.1, 0.15) is 5.82 Å². The summed E-state index contributed by atoms with van der Waals surface area (Å²) in [7, 11) is 0. The van der Waals surface area contributed by atoms with Gasteiger partial charge in [-0.25, -0.2) is 4.39 Å². The van der Waals surface area contributed by atoms with Gasteiger partial charge in [-0.2, -0.15) is 0 Å². The molecule has 5 heteroatoms. The zero-order valence-corrected chi connectivity index (χ0v) is 9.44. The number of hydrogen-bond donors (Lipinski definition) is 2. The fourth-order valence-corrected chi connectivity index (χ4v) is 1.35. The number of nitrogens with one attached hydrogen (secondary N) is 1. The SMILES string of the molecule is CC(CCC(=O)O)NC(=O)c1cccc(F)c1. The van der Waals surface area contributed by atoms with Crippen molar-refractivity contribution in [2.75, 3.05) is 0 Å². The van der Waals surface area contributed by atoms with Gasteiger partial charge in [0, 0.05) is 18.0 Å². The number of benzene rings is 1. The van der Waals surface area contributed by atoms with Crippen LogP contribution in [-0.4, -0.2) is 23.0 Å². The van der Waals surface area contributed by atoms with Crippen molar-refractivity contribution < 1.29 is 19.1 Å². The first-order valence-corrected chi connectivity index (χ1v) is 5.27. The standard InChI is InChI=1S/C12H14FNO3/c1-8(5-6-11(15)16)14-12(17)9-3-2-4-10(13)7-9/h2-4,7-8H,5-6H2,1H3,(H,14,17)(H,15,16). The summed E-state index contributed by atoms with van der Waals surface area (Å²) in [5.74, 6) is -1.78. The number of amides is 1. The van der Waals surface area contributed by atoms with Crippen LogP contribution in [0.4, 0.5) is 4.39 Å². The molecule has 0 fully saturated rings. The Labute approximate surface area is 98.5 Å². The molecule has 0 aromatic heterocycles. The molecule has 1 aromatic carbocycles. The van der Waals surface area contributed by atoms with E-state index >= 15 is 0 Å². The van der Waals surface area contributed by atoms with Gasteiger partial charge in [0.2, 0.25) is 0 Å². The Kier molecular flexibility index (Phi) is 4.63. The van der Waals surface area contributed by atoms with Crippen LogP contribution in [0, 0.1) is 5.82 Å². The van der Waals surface area contributed by atoms with Crippen LogP contribution in [0.5, 0.6) is 0 Å². The Hall–Kier alpha value is -1.91. The molecule has 0 spiro atoms. The summed E-state index contributed by atoms with van der Waals surface area (Å²) < 4.78 is 12.9. The van der Waals surface area contributed by atoms with E-state index in [-0.39, 0.29) is 18.0 Å². The van der Waals surface area contributed by atoms with E-state index in [4.69, 9.17) is 5.11 Å². The quantitative estimate of drug-likeness (QED) is 0.823. The minimum Gasteiger partial charge on any atom is -0.481 e. The molecular weight excluding hydrogens is 225 g/mol. The van der Waals surface area contributed by atoms with E-state index in [1.54, 1.807) is 6.92 Å². The highest BCUT2D eigenvalue weighted by Gasteiger charge is 2.11. The first-order chi connectivity index (χ1) is 7.99. The van der Waals surface area contributed by atoms with Gasteiger partial charge in [0.15, 0.2) is 0 Å². The number of rotatable bonds is 5. The maximum atomic E-state index is 12.9. The maximum absolute atomic E-state index is 12.9. The average Bonchev–Trinajstić information content (AvgIpc) is 2.26. The number of hydrogen-bond acceptors (Lipinski definition) is 2. The zero-order valence-electron chi connectivity index (χ0n) is 9.44. The number of carboxylic acid groups (broad SMARTS) is 1. The highest BCUT2D eigenvalue weighted by molar-refractivity contribution is 5.94. The summed E-state index contributed by atoms with van der Waals surface area (Å²) in [6.45, 7) is 1.71. The largest absolute Gasteiger partial charge is 0.481 e. The van der Waals surface area contributed by atoms with Gasteiger partial charge < -0.3 is 10.4 Å². The van der Waals surface area contributed by atoms with Crippen molar-refractivity contribution in [3.05, 3.63) is 35.6 Å². The molecule has 0 saturated carbocycles. The van der Waals surface area contributed by atoms with E-state index in [0.717, 1.165) is 6.07 Å². The van der Waals surface area contributed by atoms with Gasteiger partial charge in [0.25, 0.3) is 5.91 Å². The van der Waals surface area contributed by atoms with Crippen LogP contribution in [0.3, 0.4) is 0 Å². The lowest BCUT2D eigenvalue weighted by molar-refractivity contribution is -0.137. The molecule has 0 saturated heterocycles. The van der Waals surface area contributed by atoms with Crippen molar-refractivity contribution in [3.63, 3.8) is 0 Å². The second-order valence-corrected chi connectivity index (χ2v) is 3.82. The molecule has 1 unspecified atom stereocenters. The normalized spacial score (nSPS) is 11.9. The van der Waals surface area contributed by atoms with Crippen molar-refractivity contribution in [1.29, 1.82) is 0 Å². The molecule has 0 heterocycles. The summed E-state index contributed by atoms with van der Waals surface area (Å²) in [4.78, 5) is 22.0. The predicted octanol–water partition coefficient (Wildman–Crippen LogP) is 1.81. The minimum absolute atomic E-state index is 0.00933. The molecule has 1 aromatic rings. The molecule has 0 aliphatic heterocycles. The third-order valence-electron chi connectivity index (χ3n) is 2.26. The van der Waals surface area contributed by atoms with E-state index in [1.165, 1.54) is 18.2 Å². The van der Waals surface area contributed by atoms with Crippen molar-refractivity contribution in [3.8, 4) is 0 Å². The molecule has 0 aliphatic carbocycles. The Bertz CT molecular complexity index is 420. The fraction of sp³-hybridized carbons (Fsp3) is 0.333. The van der Waals surface area contributed by atoms with E-state index in [2.05, 4.69) is 5.32 Å². The first-order valence-electron chi connectivity index (χ1n) is 5.27. The van der Waals surface area contributed by atoms with Crippen molar-refractivity contribution in [1.82, 2.24) is 5.32 Å². The van der Waals surface area contributed by atoms with Gasteiger partial charge in [-0.3, -0.25) is 9.59 Å². The molecular formula is C12H14FNO3. The molecule has 4 nitrogen and oxygen atoms in total. The zero-order chi connectivity index (χ0) is 12.8. The Balaban J connectivity index is 2.51. The van der Waals surface area contributed by atoms with Crippen LogP contribution in [0.15, 0.2) is 24.3 Å². The predicted molar refractivity (Wildman–Crippen MR) is 60.2 cm³/mol. The molecule has 92 valence electrons. The van der Waals surface area contributed by atoms with E-state index in [1.807, 2.05) is 0 Å². The Morgan fingerprint density at radius 3 is 2.76 bits per heavy atom. The summed E-state index contributed by atoms with van der Waals surface area (Å²) in [6, 6.07) is 5.08. The summed E-state index contributed by atoms with van der Waals surface area (Å²) >= 11 is 0. The second kappa shape index (κ2) is 5.98. The molecule has 0 radical (unpaired) electrons. The van der Waals surface area contributed by atoms with Gasteiger partial charge in [-0.05, 0) is 31.5 Å². The fourth-order valence-electron chi connectivity index (χ4n) is 1.35. The van der Waals surface area contributed by atoms with Gasteiger partial charge in [-0.15, -0.1) is 0 Å². The molecule has 17 heavy (non-hydrogen) atoms. The average molecular weight is 239 g/mol. The second-order valence-electron chi connectivity index (χ2n) is 3.82. The molecule has 2 N–H and O–H groups in total. The third-order valence-corrected chi connectivity index (χ3v) is 2.26. The molecule has 0 bridgehead atoms. The van der Waals surface area contributed by atoms with E-state index in [9.17, 15) is 14.0 Å². The third kappa shape index (κ3) is 4.63. The lowest BCUT2D eigenvalue weighted by Crippen LogP contribution is -2.32. The Morgan fingerprint density at radius 2 is 2.18 bits per heavy atom. The smallest absolute Gasteiger partial charge is 0.303 e. The maximum Gasteiger partial charge on any atom is 0.303 e. The molecule has 1 rings (SSSR count).